The van der Waals surface area contributed by atoms with Gasteiger partial charge >= 0.3 is 0 Å². The number of Topliss-reactive ketones (excluding diaryl/α,β-unsaturated/α-hetero) is 1. The summed E-state index contributed by atoms with van der Waals surface area (Å²) in [5.74, 6) is 0.408. The van der Waals surface area contributed by atoms with E-state index in [1.165, 1.54) is 6.92 Å². The highest BCUT2D eigenvalue weighted by atomic mass is 35.5. The van der Waals surface area contributed by atoms with Gasteiger partial charge in [0.05, 0.1) is 10.9 Å². The Morgan fingerprint density at radius 2 is 1.92 bits per heavy atom. The van der Waals surface area contributed by atoms with Crippen molar-refractivity contribution in [3.8, 4) is 11.5 Å². The summed E-state index contributed by atoms with van der Waals surface area (Å²) in [4.78, 5) is 12.1. The normalized spacial score (nSPS) is 10.8. The van der Waals surface area contributed by atoms with Crippen LogP contribution in [0.3, 0.4) is 0 Å². The lowest BCUT2D eigenvalue weighted by Crippen LogP contribution is -2.05. The van der Waals surface area contributed by atoms with Gasteiger partial charge in [0.25, 0.3) is 0 Å². The molecule has 1 N–H and O–H groups in total. The molecule has 0 aliphatic rings. The predicted octanol–water partition coefficient (Wildman–Crippen LogP) is 5.29. The molecule has 0 unspecified atom stereocenters. The third-order valence-electron chi connectivity index (χ3n) is 3.92. The zero-order valence-corrected chi connectivity index (χ0v) is 14.2. The van der Waals surface area contributed by atoms with Gasteiger partial charge in [-0.3, -0.25) is 4.79 Å². The van der Waals surface area contributed by atoms with Gasteiger partial charge in [-0.25, -0.2) is 0 Å². The van der Waals surface area contributed by atoms with Crippen LogP contribution in [0.25, 0.3) is 10.8 Å². The van der Waals surface area contributed by atoms with E-state index in [9.17, 15) is 9.90 Å². The van der Waals surface area contributed by atoms with Gasteiger partial charge in [-0.1, -0.05) is 41.9 Å². The fraction of sp³-hybridized carbons (Fsp3) is 0.150. The van der Waals surface area contributed by atoms with E-state index in [1.54, 1.807) is 18.2 Å². The van der Waals surface area contributed by atoms with Crippen molar-refractivity contribution < 1.29 is 14.6 Å². The molecule has 0 fully saturated rings. The van der Waals surface area contributed by atoms with E-state index in [-0.39, 0.29) is 18.1 Å². The second kappa shape index (κ2) is 6.54. The number of benzene rings is 3. The van der Waals surface area contributed by atoms with Crippen molar-refractivity contribution in [2.75, 3.05) is 0 Å². The molecule has 3 aromatic rings. The van der Waals surface area contributed by atoms with Gasteiger partial charge in [0.2, 0.25) is 0 Å². The number of phenolic OH excluding ortho intramolecular Hbond substituents is 1. The molecule has 0 spiro atoms. The quantitative estimate of drug-likeness (QED) is 0.656. The molecule has 3 aromatic carbocycles. The number of hydrogen-bond donors (Lipinski definition) is 1. The summed E-state index contributed by atoms with van der Waals surface area (Å²) in [6.07, 6.45) is 0. The summed E-state index contributed by atoms with van der Waals surface area (Å²) >= 11 is 6.00. The number of fused-ring (bicyclic) bond motifs is 1. The Labute approximate surface area is 145 Å². The molecule has 3 rings (SSSR count). The minimum atomic E-state index is -0.0984. The molecule has 4 heteroatoms. The third-order valence-corrected chi connectivity index (χ3v) is 4.15. The monoisotopic (exact) mass is 340 g/mol. The maximum atomic E-state index is 12.1. The Morgan fingerprint density at radius 1 is 1.17 bits per heavy atom. The van der Waals surface area contributed by atoms with Gasteiger partial charge in [0.1, 0.15) is 18.1 Å². The van der Waals surface area contributed by atoms with Crippen LogP contribution in [0.2, 0.25) is 5.02 Å². The van der Waals surface area contributed by atoms with Gasteiger partial charge in [0.15, 0.2) is 5.78 Å². The van der Waals surface area contributed by atoms with Crippen LogP contribution in [0.15, 0.2) is 48.5 Å². The lowest BCUT2D eigenvalue weighted by atomic mass is 9.97. The van der Waals surface area contributed by atoms with Crippen molar-refractivity contribution in [3.63, 3.8) is 0 Å². The van der Waals surface area contributed by atoms with Crippen molar-refractivity contribution in [2.24, 2.45) is 0 Å². The number of phenols is 1. The van der Waals surface area contributed by atoms with Crippen molar-refractivity contribution in [1.82, 2.24) is 0 Å². The lowest BCUT2D eigenvalue weighted by Gasteiger charge is -2.16. The van der Waals surface area contributed by atoms with Crippen LogP contribution in [0, 0.1) is 6.92 Å². The van der Waals surface area contributed by atoms with E-state index in [4.69, 9.17) is 16.3 Å². The van der Waals surface area contributed by atoms with Gasteiger partial charge < -0.3 is 9.84 Å². The molecule has 122 valence electrons. The largest absolute Gasteiger partial charge is 0.507 e. The number of ether oxygens (including phenoxy) is 1. The number of rotatable bonds is 4. The molecule has 0 aliphatic heterocycles. The van der Waals surface area contributed by atoms with Gasteiger partial charge in [-0.2, -0.15) is 0 Å². The number of halogens is 1. The molecule has 0 aliphatic carbocycles. The van der Waals surface area contributed by atoms with Crippen LogP contribution in [-0.2, 0) is 6.61 Å². The van der Waals surface area contributed by atoms with Crippen LogP contribution < -0.4 is 4.74 Å². The van der Waals surface area contributed by atoms with Crippen LogP contribution in [0.1, 0.15) is 28.4 Å². The topological polar surface area (TPSA) is 46.5 Å². The van der Waals surface area contributed by atoms with E-state index in [1.807, 2.05) is 37.3 Å². The first-order valence-electron chi connectivity index (χ1n) is 7.61. The number of hydrogen-bond acceptors (Lipinski definition) is 3. The Bertz CT molecular complexity index is 932. The molecule has 0 atom stereocenters. The van der Waals surface area contributed by atoms with E-state index < -0.39 is 0 Å². The predicted molar refractivity (Wildman–Crippen MR) is 96.1 cm³/mol. The second-order valence-electron chi connectivity index (χ2n) is 5.75. The number of carbonyl (C=O) groups excluding carboxylic acids is 1. The Morgan fingerprint density at radius 3 is 2.62 bits per heavy atom. The zero-order chi connectivity index (χ0) is 17.3. The van der Waals surface area contributed by atoms with Crippen molar-refractivity contribution in [1.29, 1.82) is 0 Å². The molecule has 0 aromatic heterocycles. The average molecular weight is 341 g/mol. The van der Waals surface area contributed by atoms with Crippen LogP contribution in [-0.4, -0.2) is 10.9 Å². The van der Waals surface area contributed by atoms with E-state index in [2.05, 4.69) is 0 Å². The summed E-state index contributed by atoms with van der Waals surface area (Å²) in [5, 5.41) is 12.3. The Kier molecular flexibility index (Phi) is 4.45. The minimum Gasteiger partial charge on any atom is -0.507 e. The molecule has 0 amide bonds. The van der Waals surface area contributed by atoms with Crippen LogP contribution in [0.5, 0.6) is 11.5 Å². The van der Waals surface area contributed by atoms with Crippen molar-refractivity contribution >= 4 is 28.2 Å². The molecule has 0 radical (unpaired) electrons. The number of ketones is 1. The molecule has 0 bridgehead atoms. The van der Waals surface area contributed by atoms with E-state index >= 15 is 0 Å². The number of aromatic hydroxyl groups is 1. The number of aryl methyl sites for hydroxylation is 1. The molecule has 24 heavy (non-hydrogen) atoms. The zero-order valence-electron chi connectivity index (χ0n) is 13.5. The molecule has 3 nitrogen and oxygen atoms in total. The summed E-state index contributed by atoms with van der Waals surface area (Å²) < 4.78 is 5.97. The average Bonchev–Trinajstić information content (AvgIpc) is 2.52. The summed E-state index contributed by atoms with van der Waals surface area (Å²) in [7, 11) is 0. The SMILES string of the molecule is CC(=O)c1c(C)cc2cccc(O)c2c1OCc1cccc(Cl)c1. The molecular formula is C20H17ClO3. The fourth-order valence-corrected chi connectivity index (χ4v) is 3.11. The van der Waals surface area contributed by atoms with Crippen LogP contribution in [0.4, 0.5) is 0 Å². The van der Waals surface area contributed by atoms with E-state index in [0.29, 0.717) is 21.7 Å². The van der Waals surface area contributed by atoms with Crippen molar-refractivity contribution in [2.45, 2.75) is 20.5 Å². The first-order chi connectivity index (χ1) is 11.5. The maximum Gasteiger partial charge on any atom is 0.163 e. The van der Waals surface area contributed by atoms with Crippen molar-refractivity contribution in [3.05, 3.63) is 70.2 Å². The van der Waals surface area contributed by atoms with Crippen LogP contribution >= 0.6 is 11.6 Å². The first kappa shape index (κ1) is 16.3. The molecule has 0 saturated heterocycles. The van der Waals surface area contributed by atoms with Gasteiger partial charge in [0, 0.05) is 5.02 Å². The van der Waals surface area contributed by atoms with E-state index in [0.717, 1.165) is 16.5 Å². The standard InChI is InChI=1S/C20H17ClO3/c1-12-9-15-6-4-8-17(23)19(15)20(18(12)13(2)22)24-11-14-5-3-7-16(21)10-14/h3-10,23H,11H2,1-2H3. The summed E-state index contributed by atoms with van der Waals surface area (Å²) in [5.41, 5.74) is 2.20. The highest BCUT2D eigenvalue weighted by Gasteiger charge is 2.18. The molecule has 0 saturated carbocycles. The highest BCUT2D eigenvalue weighted by Crippen LogP contribution is 2.38. The Hall–Kier alpha value is -2.52. The minimum absolute atomic E-state index is 0.0936. The Balaban J connectivity index is 2.13. The molecular weight excluding hydrogens is 324 g/mol. The maximum absolute atomic E-state index is 12.1. The third kappa shape index (κ3) is 3.08. The summed E-state index contributed by atoms with van der Waals surface area (Å²) in [6.45, 7) is 3.63. The highest BCUT2D eigenvalue weighted by molar-refractivity contribution is 6.30. The van der Waals surface area contributed by atoms with Gasteiger partial charge in [-0.15, -0.1) is 0 Å². The number of carbonyl (C=O) groups is 1. The first-order valence-corrected chi connectivity index (χ1v) is 7.98. The van der Waals surface area contributed by atoms with Gasteiger partial charge in [-0.05, 0) is 48.6 Å². The lowest BCUT2D eigenvalue weighted by molar-refractivity contribution is 0.101. The molecule has 0 heterocycles. The summed E-state index contributed by atoms with van der Waals surface area (Å²) in [6, 6.07) is 14.5. The second-order valence-corrected chi connectivity index (χ2v) is 6.18. The smallest absolute Gasteiger partial charge is 0.163 e. The fourth-order valence-electron chi connectivity index (χ4n) is 2.90.